The molecule has 0 radical (unpaired) electrons. The number of rotatable bonds is 5. The monoisotopic (exact) mass is 387 g/mol. The Hall–Kier alpha value is -2.40. The summed E-state index contributed by atoms with van der Waals surface area (Å²) in [5.41, 5.74) is 3.78. The van der Waals surface area contributed by atoms with Crippen LogP contribution in [0, 0.1) is 13.8 Å². The Labute approximate surface area is 149 Å². The van der Waals surface area contributed by atoms with Gasteiger partial charge >= 0.3 is 5.97 Å². The Balaban J connectivity index is 1.82. The minimum atomic E-state index is -0.565. The van der Waals surface area contributed by atoms with Crippen molar-refractivity contribution in [1.82, 2.24) is 0 Å². The number of nitrogens with one attached hydrogen (secondary N) is 1. The van der Waals surface area contributed by atoms with Crippen molar-refractivity contribution >= 4 is 39.6 Å². The van der Waals surface area contributed by atoms with E-state index in [-0.39, 0.29) is 12.5 Å². The van der Waals surface area contributed by atoms with Crippen molar-refractivity contribution in [2.45, 2.75) is 13.8 Å². The van der Waals surface area contributed by atoms with E-state index in [0.717, 1.165) is 21.2 Å². The average molecular weight is 388 g/mol. The van der Waals surface area contributed by atoms with E-state index in [9.17, 15) is 9.59 Å². The van der Waals surface area contributed by atoms with Crippen molar-refractivity contribution in [2.75, 3.05) is 11.9 Å². The van der Waals surface area contributed by atoms with E-state index in [1.165, 1.54) is 6.08 Å². The second-order valence-electron chi connectivity index (χ2n) is 5.34. The number of halogens is 1. The van der Waals surface area contributed by atoms with Crippen molar-refractivity contribution in [2.24, 2.45) is 0 Å². The summed E-state index contributed by atoms with van der Waals surface area (Å²) in [5, 5.41) is 2.70. The van der Waals surface area contributed by atoms with Crippen LogP contribution in [0.1, 0.15) is 16.7 Å². The molecule has 0 bridgehead atoms. The molecular formula is C19H18BrNO3. The normalized spacial score (nSPS) is 10.6. The zero-order valence-corrected chi connectivity index (χ0v) is 15.1. The minimum Gasteiger partial charge on any atom is -0.452 e. The van der Waals surface area contributed by atoms with Gasteiger partial charge in [0.1, 0.15) is 0 Å². The van der Waals surface area contributed by atoms with Crippen LogP contribution < -0.4 is 5.32 Å². The molecule has 0 fully saturated rings. The molecule has 0 aromatic heterocycles. The molecule has 0 unspecified atom stereocenters. The fourth-order valence-corrected chi connectivity index (χ4v) is 2.39. The largest absolute Gasteiger partial charge is 0.452 e. The Morgan fingerprint density at radius 2 is 1.92 bits per heavy atom. The molecule has 2 aromatic carbocycles. The van der Waals surface area contributed by atoms with Gasteiger partial charge in [-0.3, -0.25) is 4.79 Å². The number of carbonyl (C=O) groups excluding carboxylic acids is 2. The maximum Gasteiger partial charge on any atom is 0.331 e. The zero-order valence-electron chi connectivity index (χ0n) is 13.5. The Kier molecular flexibility index (Phi) is 6.32. The van der Waals surface area contributed by atoms with Crippen molar-refractivity contribution < 1.29 is 14.3 Å². The molecule has 0 atom stereocenters. The lowest BCUT2D eigenvalue weighted by Crippen LogP contribution is -2.20. The predicted octanol–water partition coefficient (Wildman–Crippen LogP) is 4.26. The van der Waals surface area contributed by atoms with Crippen LogP contribution in [0.3, 0.4) is 0 Å². The number of carbonyl (C=O) groups is 2. The topological polar surface area (TPSA) is 55.4 Å². The molecule has 0 aliphatic carbocycles. The van der Waals surface area contributed by atoms with E-state index in [2.05, 4.69) is 21.2 Å². The lowest BCUT2D eigenvalue weighted by Gasteiger charge is -2.07. The van der Waals surface area contributed by atoms with Gasteiger partial charge in [-0.05, 0) is 60.9 Å². The molecule has 2 aromatic rings. The Morgan fingerprint density at radius 3 is 2.62 bits per heavy atom. The van der Waals surface area contributed by atoms with E-state index in [1.807, 2.05) is 56.3 Å². The van der Waals surface area contributed by atoms with Crippen LogP contribution in [0.5, 0.6) is 0 Å². The van der Waals surface area contributed by atoms with Crippen LogP contribution in [-0.2, 0) is 14.3 Å². The summed E-state index contributed by atoms with van der Waals surface area (Å²) >= 11 is 3.36. The lowest BCUT2D eigenvalue weighted by atomic mass is 10.1. The van der Waals surface area contributed by atoms with Gasteiger partial charge in [-0.2, -0.15) is 0 Å². The first-order chi connectivity index (χ1) is 11.4. The number of amides is 1. The van der Waals surface area contributed by atoms with Gasteiger partial charge in [0.25, 0.3) is 5.91 Å². The summed E-state index contributed by atoms with van der Waals surface area (Å²) in [6.45, 7) is 3.65. The Bertz CT molecular complexity index is 784. The molecule has 1 N–H and O–H groups in total. The highest BCUT2D eigenvalue weighted by molar-refractivity contribution is 9.10. The number of anilines is 1. The highest BCUT2D eigenvalue weighted by Gasteiger charge is 2.06. The van der Waals surface area contributed by atoms with Crippen molar-refractivity contribution in [3.63, 3.8) is 0 Å². The van der Waals surface area contributed by atoms with E-state index < -0.39 is 5.97 Å². The second-order valence-corrected chi connectivity index (χ2v) is 6.26. The van der Waals surface area contributed by atoms with Gasteiger partial charge in [-0.15, -0.1) is 0 Å². The number of esters is 1. The minimum absolute atomic E-state index is 0.325. The van der Waals surface area contributed by atoms with Crippen LogP contribution >= 0.6 is 15.9 Å². The van der Waals surface area contributed by atoms with Crippen LogP contribution in [-0.4, -0.2) is 18.5 Å². The number of hydrogen-bond donors (Lipinski definition) is 1. The molecule has 124 valence electrons. The van der Waals surface area contributed by atoms with E-state index in [0.29, 0.717) is 5.69 Å². The Morgan fingerprint density at radius 1 is 1.12 bits per heavy atom. The van der Waals surface area contributed by atoms with Gasteiger partial charge in [0, 0.05) is 16.2 Å². The first-order valence-electron chi connectivity index (χ1n) is 7.41. The van der Waals surface area contributed by atoms with Gasteiger partial charge < -0.3 is 10.1 Å². The van der Waals surface area contributed by atoms with Crippen molar-refractivity contribution in [3.05, 3.63) is 69.7 Å². The lowest BCUT2D eigenvalue weighted by molar-refractivity contribution is -0.142. The predicted molar refractivity (Wildman–Crippen MR) is 98.7 cm³/mol. The van der Waals surface area contributed by atoms with Gasteiger partial charge in [-0.25, -0.2) is 4.79 Å². The standard InChI is InChI=1S/C19H18BrNO3/c1-13-6-8-17(10-14(13)2)21-18(22)12-24-19(23)9-7-15-4-3-5-16(20)11-15/h3-11H,12H2,1-2H3,(H,21,22)/b9-7+. The third-order valence-corrected chi connectivity index (χ3v) is 3.89. The molecule has 4 nitrogen and oxygen atoms in total. The van der Waals surface area contributed by atoms with Crippen LogP contribution in [0.2, 0.25) is 0 Å². The molecule has 0 aliphatic rings. The van der Waals surface area contributed by atoms with Crippen LogP contribution in [0.25, 0.3) is 6.08 Å². The zero-order chi connectivity index (χ0) is 17.5. The van der Waals surface area contributed by atoms with Gasteiger partial charge in [0.2, 0.25) is 0 Å². The smallest absolute Gasteiger partial charge is 0.331 e. The van der Waals surface area contributed by atoms with Crippen LogP contribution in [0.15, 0.2) is 53.0 Å². The van der Waals surface area contributed by atoms with Crippen LogP contribution in [0.4, 0.5) is 5.69 Å². The molecule has 0 saturated heterocycles. The highest BCUT2D eigenvalue weighted by Crippen LogP contribution is 2.14. The van der Waals surface area contributed by atoms with Gasteiger partial charge in [0.15, 0.2) is 6.61 Å². The van der Waals surface area contributed by atoms with Gasteiger partial charge in [-0.1, -0.05) is 34.1 Å². The number of aryl methyl sites for hydroxylation is 2. The quantitative estimate of drug-likeness (QED) is 0.615. The highest BCUT2D eigenvalue weighted by atomic mass is 79.9. The molecular weight excluding hydrogens is 370 g/mol. The summed E-state index contributed by atoms with van der Waals surface area (Å²) in [4.78, 5) is 23.5. The number of benzene rings is 2. The third kappa shape index (κ3) is 5.66. The molecule has 5 heteroatoms. The van der Waals surface area contributed by atoms with Gasteiger partial charge in [0.05, 0.1) is 0 Å². The van der Waals surface area contributed by atoms with Crippen molar-refractivity contribution in [1.29, 1.82) is 0 Å². The molecule has 0 heterocycles. The van der Waals surface area contributed by atoms with E-state index >= 15 is 0 Å². The van der Waals surface area contributed by atoms with E-state index in [1.54, 1.807) is 6.08 Å². The first kappa shape index (κ1) is 17.9. The fourth-order valence-electron chi connectivity index (χ4n) is 1.98. The number of ether oxygens (including phenoxy) is 1. The summed E-state index contributed by atoms with van der Waals surface area (Å²) in [6.07, 6.45) is 2.93. The summed E-state index contributed by atoms with van der Waals surface area (Å²) in [7, 11) is 0. The first-order valence-corrected chi connectivity index (χ1v) is 8.21. The number of hydrogen-bond acceptors (Lipinski definition) is 3. The van der Waals surface area contributed by atoms with E-state index in [4.69, 9.17) is 4.74 Å². The maximum absolute atomic E-state index is 11.8. The molecule has 0 aliphatic heterocycles. The fraction of sp³-hybridized carbons (Fsp3) is 0.158. The SMILES string of the molecule is Cc1ccc(NC(=O)COC(=O)/C=C/c2cccc(Br)c2)cc1C. The second kappa shape index (κ2) is 8.45. The summed E-state index contributed by atoms with van der Waals surface area (Å²) < 4.78 is 5.85. The third-order valence-electron chi connectivity index (χ3n) is 3.40. The van der Waals surface area contributed by atoms with Crippen molar-refractivity contribution in [3.8, 4) is 0 Å². The molecule has 1 amide bonds. The molecule has 0 saturated carbocycles. The average Bonchev–Trinajstić information content (AvgIpc) is 2.54. The molecule has 24 heavy (non-hydrogen) atoms. The molecule has 0 spiro atoms. The summed E-state index contributed by atoms with van der Waals surface area (Å²) in [6, 6.07) is 13.1. The molecule has 2 rings (SSSR count). The summed E-state index contributed by atoms with van der Waals surface area (Å²) in [5.74, 6) is -0.937. The maximum atomic E-state index is 11.8.